The molecule has 2 aromatic carbocycles. The minimum absolute atomic E-state index is 0.177. The molecule has 1 heterocycles. The van der Waals surface area contributed by atoms with E-state index in [0.29, 0.717) is 15.7 Å². The SMILES string of the molecule is CC1=C(C(=O)Nc2cc(C)ccc2C)[C@H](c2cccc(Cl)c2)NC(=S)N1. The standard InChI is InChI=1S/C20H20ClN3OS/c1-11-7-8-12(2)16(9-11)23-19(25)17-13(3)22-20(26)24-18(17)14-5-4-6-15(21)10-14/h4-10,18H,1-3H3,(H,23,25)(H2,22,24,26)/t18-/m0/s1. The number of carbonyl (C=O) groups excluding carboxylic acids is 1. The second kappa shape index (κ2) is 7.48. The van der Waals surface area contributed by atoms with E-state index in [1.54, 1.807) is 6.07 Å². The van der Waals surface area contributed by atoms with Crippen molar-refractivity contribution in [1.29, 1.82) is 0 Å². The van der Waals surface area contributed by atoms with Gasteiger partial charge in [-0.2, -0.15) is 0 Å². The molecule has 134 valence electrons. The zero-order valence-corrected chi connectivity index (χ0v) is 16.4. The molecule has 6 heteroatoms. The molecule has 0 fully saturated rings. The van der Waals surface area contributed by atoms with Gasteiger partial charge in [-0.1, -0.05) is 35.9 Å². The van der Waals surface area contributed by atoms with Crippen LogP contribution in [0.5, 0.6) is 0 Å². The zero-order valence-electron chi connectivity index (χ0n) is 14.8. The fraction of sp³-hybridized carbons (Fsp3) is 0.200. The topological polar surface area (TPSA) is 53.2 Å². The second-order valence-electron chi connectivity index (χ2n) is 6.40. The van der Waals surface area contributed by atoms with Gasteiger partial charge < -0.3 is 16.0 Å². The molecule has 1 amide bonds. The van der Waals surface area contributed by atoms with Crippen LogP contribution < -0.4 is 16.0 Å². The van der Waals surface area contributed by atoms with E-state index in [1.165, 1.54) is 0 Å². The quantitative estimate of drug-likeness (QED) is 0.686. The Morgan fingerprint density at radius 1 is 1.15 bits per heavy atom. The highest BCUT2D eigenvalue weighted by Crippen LogP contribution is 2.29. The summed E-state index contributed by atoms with van der Waals surface area (Å²) in [5.41, 5.74) is 5.08. The van der Waals surface area contributed by atoms with Crippen LogP contribution in [0.2, 0.25) is 5.02 Å². The molecule has 1 aliphatic rings. The number of rotatable bonds is 3. The molecule has 0 aliphatic carbocycles. The lowest BCUT2D eigenvalue weighted by Gasteiger charge is -2.30. The highest BCUT2D eigenvalue weighted by atomic mass is 35.5. The van der Waals surface area contributed by atoms with Crippen molar-refractivity contribution in [3.8, 4) is 0 Å². The smallest absolute Gasteiger partial charge is 0.255 e. The van der Waals surface area contributed by atoms with Crippen molar-refractivity contribution < 1.29 is 4.79 Å². The maximum atomic E-state index is 13.1. The highest BCUT2D eigenvalue weighted by molar-refractivity contribution is 7.80. The molecule has 2 aromatic rings. The van der Waals surface area contributed by atoms with E-state index >= 15 is 0 Å². The Kier molecular flexibility index (Phi) is 5.30. The van der Waals surface area contributed by atoms with Crippen LogP contribution in [0, 0.1) is 13.8 Å². The van der Waals surface area contributed by atoms with E-state index in [4.69, 9.17) is 23.8 Å². The van der Waals surface area contributed by atoms with Gasteiger partial charge in [-0.05, 0) is 67.9 Å². The van der Waals surface area contributed by atoms with E-state index < -0.39 is 0 Å². The number of hydrogen-bond acceptors (Lipinski definition) is 2. The molecule has 0 saturated heterocycles. The molecule has 0 aromatic heterocycles. The monoisotopic (exact) mass is 385 g/mol. The Morgan fingerprint density at radius 2 is 1.92 bits per heavy atom. The highest BCUT2D eigenvalue weighted by Gasteiger charge is 2.30. The molecule has 0 spiro atoms. The Bertz CT molecular complexity index is 923. The number of halogens is 1. The summed E-state index contributed by atoms with van der Waals surface area (Å²) in [6, 6.07) is 13.0. The predicted octanol–water partition coefficient (Wildman–Crippen LogP) is 4.39. The van der Waals surface area contributed by atoms with Crippen LogP contribution in [0.3, 0.4) is 0 Å². The molecule has 1 aliphatic heterocycles. The van der Waals surface area contributed by atoms with Crippen LogP contribution in [0.4, 0.5) is 5.69 Å². The first kappa shape index (κ1) is 18.4. The van der Waals surface area contributed by atoms with Gasteiger partial charge in [0.25, 0.3) is 5.91 Å². The molecule has 3 rings (SSSR count). The lowest BCUT2D eigenvalue weighted by atomic mass is 9.95. The summed E-state index contributed by atoms with van der Waals surface area (Å²) in [6.07, 6.45) is 0. The molecule has 4 nitrogen and oxygen atoms in total. The van der Waals surface area contributed by atoms with Gasteiger partial charge in [0.15, 0.2) is 5.11 Å². The summed E-state index contributed by atoms with van der Waals surface area (Å²) >= 11 is 11.4. The van der Waals surface area contributed by atoms with Crippen LogP contribution in [-0.2, 0) is 4.79 Å². The summed E-state index contributed by atoms with van der Waals surface area (Å²) < 4.78 is 0. The first-order valence-corrected chi connectivity index (χ1v) is 9.06. The van der Waals surface area contributed by atoms with Crippen LogP contribution in [0.15, 0.2) is 53.7 Å². The Labute approximate surface area is 163 Å². The normalized spacial score (nSPS) is 16.8. The van der Waals surface area contributed by atoms with E-state index in [-0.39, 0.29) is 11.9 Å². The van der Waals surface area contributed by atoms with Gasteiger partial charge in [0.2, 0.25) is 0 Å². The largest absolute Gasteiger partial charge is 0.351 e. The predicted molar refractivity (Wildman–Crippen MR) is 110 cm³/mol. The van der Waals surface area contributed by atoms with Crippen LogP contribution in [0.25, 0.3) is 0 Å². The van der Waals surface area contributed by atoms with E-state index in [9.17, 15) is 4.79 Å². The van der Waals surface area contributed by atoms with Gasteiger partial charge >= 0.3 is 0 Å². The summed E-state index contributed by atoms with van der Waals surface area (Å²) in [7, 11) is 0. The number of hydrogen-bond donors (Lipinski definition) is 3. The van der Waals surface area contributed by atoms with Crippen molar-refractivity contribution in [2.75, 3.05) is 5.32 Å². The molecule has 0 bridgehead atoms. The van der Waals surface area contributed by atoms with Crippen LogP contribution >= 0.6 is 23.8 Å². The van der Waals surface area contributed by atoms with E-state index in [2.05, 4.69) is 16.0 Å². The minimum atomic E-state index is -0.368. The van der Waals surface area contributed by atoms with Gasteiger partial charge in [0, 0.05) is 16.4 Å². The van der Waals surface area contributed by atoms with E-state index in [0.717, 1.165) is 28.1 Å². The number of carbonyl (C=O) groups is 1. The number of nitrogens with one attached hydrogen (secondary N) is 3. The molecular formula is C20H20ClN3OS. The number of allylic oxidation sites excluding steroid dienone is 1. The van der Waals surface area contributed by atoms with Crippen LogP contribution in [-0.4, -0.2) is 11.0 Å². The average molecular weight is 386 g/mol. The second-order valence-corrected chi connectivity index (χ2v) is 7.24. The van der Waals surface area contributed by atoms with Gasteiger partial charge in [-0.25, -0.2) is 0 Å². The fourth-order valence-electron chi connectivity index (χ4n) is 2.99. The number of thiocarbonyl (C=S) groups is 1. The van der Waals surface area contributed by atoms with Crippen molar-refractivity contribution in [2.45, 2.75) is 26.8 Å². The van der Waals surface area contributed by atoms with Gasteiger partial charge in [0.1, 0.15) is 0 Å². The fourth-order valence-corrected chi connectivity index (χ4v) is 3.46. The molecule has 1 atom stereocenters. The minimum Gasteiger partial charge on any atom is -0.351 e. The van der Waals surface area contributed by atoms with Crippen molar-refractivity contribution in [3.63, 3.8) is 0 Å². The summed E-state index contributed by atoms with van der Waals surface area (Å²) in [6.45, 7) is 5.82. The van der Waals surface area contributed by atoms with Gasteiger partial charge in [-0.3, -0.25) is 4.79 Å². The molecule has 0 radical (unpaired) electrons. The first-order chi connectivity index (χ1) is 12.3. The molecule has 0 unspecified atom stereocenters. The van der Waals surface area contributed by atoms with Crippen molar-refractivity contribution in [1.82, 2.24) is 10.6 Å². The first-order valence-electron chi connectivity index (χ1n) is 8.27. The van der Waals surface area contributed by atoms with Crippen LogP contribution in [0.1, 0.15) is 29.7 Å². The summed E-state index contributed by atoms with van der Waals surface area (Å²) in [4.78, 5) is 13.1. The lowest BCUT2D eigenvalue weighted by Crippen LogP contribution is -2.45. The maximum absolute atomic E-state index is 13.1. The molecular weight excluding hydrogens is 366 g/mol. The average Bonchev–Trinajstić information content (AvgIpc) is 2.57. The van der Waals surface area contributed by atoms with Gasteiger partial charge in [0.05, 0.1) is 11.6 Å². The third-order valence-electron chi connectivity index (χ3n) is 4.34. The Morgan fingerprint density at radius 3 is 2.65 bits per heavy atom. The third kappa shape index (κ3) is 3.89. The number of anilines is 1. The summed E-state index contributed by atoms with van der Waals surface area (Å²) in [5, 5.41) is 10.3. The van der Waals surface area contributed by atoms with Gasteiger partial charge in [-0.15, -0.1) is 0 Å². The molecule has 0 saturated carbocycles. The summed E-state index contributed by atoms with van der Waals surface area (Å²) in [5.74, 6) is -0.177. The van der Waals surface area contributed by atoms with Crippen molar-refractivity contribution >= 4 is 40.5 Å². The number of aryl methyl sites for hydroxylation is 2. The number of benzene rings is 2. The zero-order chi connectivity index (χ0) is 18.8. The molecule has 3 N–H and O–H groups in total. The lowest BCUT2D eigenvalue weighted by molar-refractivity contribution is -0.113. The Hall–Kier alpha value is -2.37. The Balaban J connectivity index is 1.98. The van der Waals surface area contributed by atoms with Crippen molar-refractivity contribution in [2.24, 2.45) is 0 Å². The molecule has 26 heavy (non-hydrogen) atoms. The number of amides is 1. The van der Waals surface area contributed by atoms with Crippen molar-refractivity contribution in [3.05, 3.63) is 75.4 Å². The van der Waals surface area contributed by atoms with E-state index in [1.807, 2.05) is 57.2 Å². The maximum Gasteiger partial charge on any atom is 0.255 e. The third-order valence-corrected chi connectivity index (χ3v) is 4.79.